The number of hydrogen-bond acceptors (Lipinski definition) is 5. The van der Waals surface area contributed by atoms with Gasteiger partial charge in [0.1, 0.15) is 4.83 Å². The van der Waals surface area contributed by atoms with Crippen molar-refractivity contribution >= 4 is 44.7 Å². The molecule has 1 saturated heterocycles. The second kappa shape index (κ2) is 7.27. The van der Waals surface area contributed by atoms with Crippen molar-refractivity contribution in [3.8, 4) is 0 Å². The summed E-state index contributed by atoms with van der Waals surface area (Å²) in [6.07, 6.45) is 3.45. The van der Waals surface area contributed by atoms with E-state index in [4.69, 9.17) is 5.73 Å². The zero-order valence-electron chi connectivity index (χ0n) is 16.0. The summed E-state index contributed by atoms with van der Waals surface area (Å²) < 4.78 is 1.79. The van der Waals surface area contributed by atoms with Crippen LogP contribution in [0.4, 0.5) is 11.4 Å². The molecular weight excluding hydrogens is 374 g/mol. The first-order chi connectivity index (χ1) is 13.4. The largest absolute Gasteiger partial charge is 0.370 e. The number of fused-ring (bicyclic) bond motifs is 1. The predicted molar refractivity (Wildman–Crippen MR) is 112 cm³/mol. The number of anilines is 2. The zero-order valence-corrected chi connectivity index (χ0v) is 16.8. The molecule has 4 rings (SSSR count). The summed E-state index contributed by atoms with van der Waals surface area (Å²) >= 11 is 1.41. The Labute approximate surface area is 167 Å². The van der Waals surface area contributed by atoms with Gasteiger partial charge < -0.3 is 16.0 Å². The third-order valence-electron chi connectivity index (χ3n) is 5.15. The number of carbonyl (C=O) groups excluding carboxylic acids is 2. The minimum absolute atomic E-state index is 0.194. The number of thiophene rings is 1. The highest BCUT2D eigenvalue weighted by molar-refractivity contribution is 7.20. The molecule has 0 spiro atoms. The lowest BCUT2D eigenvalue weighted by atomic mass is 10.1. The molecule has 3 heterocycles. The third kappa shape index (κ3) is 3.35. The van der Waals surface area contributed by atoms with Crippen LogP contribution in [0, 0.1) is 6.92 Å². The summed E-state index contributed by atoms with van der Waals surface area (Å²) in [6, 6.07) is 7.14. The average molecular weight is 398 g/mol. The number of nitrogens with one attached hydrogen (secondary N) is 1. The van der Waals surface area contributed by atoms with Crippen LogP contribution in [0.25, 0.3) is 10.2 Å². The topological polar surface area (TPSA) is 93.2 Å². The van der Waals surface area contributed by atoms with E-state index in [1.807, 2.05) is 26.1 Å². The maximum atomic E-state index is 13.0. The Morgan fingerprint density at radius 1 is 1.18 bits per heavy atom. The number of nitrogens with two attached hydrogens (primary N) is 1. The molecule has 0 aliphatic carbocycles. The molecule has 1 aromatic carbocycles. The molecule has 28 heavy (non-hydrogen) atoms. The van der Waals surface area contributed by atoms with Crippen molar-refractivity contribution in [3.05, 3.63) is 40.4 Å². The normalized spacial score (nSPS) is 14.4. The molecular formula is C20H23N5O2S. The van der Waals surface area contributed by atoms with Crippen LogP contribution in [0.2, 0.25) is 0 Å². The van der Waals surface area contributed by atoms with Gasteiger partial charge in [0.05, 0.1) is 21.9 Å². The first kappa shape index (κ1) is 18.5. The number of rotatable bonds is 4. The minimum atomic E-state index is -0.510. The summed E-state index contributed by atoms with van der Waals surface area (Å²) in [7, 11) is 1.87. The van der Waals surface area contributed by atoms with E-state index in [9.17, 15) is 9.59 Å². The van der Waals surface area contributed by atoms with Gasteiger partial charge in [-0.2, -0.15) is 5.10 Å². The van der Waals surface area contributed by atoms with Crippen LogP contribution in [0.5, 0.6) is 0 Å². The Hall–Kier alpha value is -2.87. The van der Waals surface area contributed by atoms with Crippen LogP contribution >= 0.6 is 11.3 Å². The average Bonchev–Trinajstić information content (AvgIpc) is 3.24. The van der Waals surface area contributed by atoms with E-state index in [1.54, 1.807) is 16.8 Å². The molecule has 1 aliphatic rings. The van der Waals surface area contributed by atoms with Gasteiger partial charge in [0.2, 0.25) is 5.91 Å². The lowest BCUT2D eigenvalue weighted by molar-refractivity contribution is 0.0996. The fourth-order valence-corrected chi connectivity index (χ4v) is 4.72. The zero-order chi connectivity index (χ0) is 19.8. The Morgan fingerprint density at radius 2 is 1.93 bits per heavy atom. The third-order valence-corrected chi connectivity index (χ3v) is 6.35. The van der Waals surface area contributed by atoms with Gasteiger partial charge in [0, 0.05) is 31.1 Å². The Kier molecular flexibility index (Phi) is 4.80. The molecule has 2 aromatic heterocycles. The van der Waals surface area contributed by atoms with E-state index in [0.717, 1.165) is 47.5 Å². The number of aromatic nitrogens is 2. The van der Waals surface area contributed by atoms with Crippen LogP contribution in [0.3, 0.4) is 0 Å². The number of piperidine rings is 1. The van der Waals surface area contributed by atoms with Gasteiger partial charge in [-0.15, -0.1) is 11.3 Å². The molecule has 0 atom stereocenters. The highest BCUT2D eigenvalue weighted by Crippen LogP contribution is 2.32. The Balaban J connectivity index is 1.67. The molecule has 8 heteroatoms. The number of aryl methyl sites for hydroxylation is 2. The maximum Gasteiger partial charge on any atom is 0.265 e. The molecule has 7 nitrogen and oxygen atoms in total. The van der Waals surface area contributed by atoms with E-state index in [1.165, 1.54) is 17.8 Å². The van der Waals surface area contributed by atoms with Crippen molar-refractivity contribution in [2.24, 2.45) is 12.8 Å². The lowest BCUT2D eigenvalue weighted by Gasteiger charge is -2.30. The molecule has 0 unspecified atom stereocenters. The molecule has 0 bridgehead atoms. The standard InChI is InChI=1S/C20H23N5O2S/c1-12-14-11-17(28-20(14)24(2)23-12)19(27)22-15-10-13(18(21)26)6-7-16(15)25-8-4-3-5-9-25/h6-7,10-11H,3-5,8-9H2,1-2H3,(H2,21,26)(H,22,27). The molecule has 1 fully saturated rings. The number of primary amides is 1. The highest BCUT2D eigenvalue weighted by atomic mass is 32.1. The molecule has 0 radical (unpaired) electrons. The molecule has 0 saturated carbocycles. The van der Waals surface area contributed by atoms with Gasteiger partial charge in [0.15, 0.2) is 0 Å². The fraction of sp³-hybridized carbons (Fsp3) is 0.350. The van der Waals surface area contributed by atoms with Crippen LogP contribution in [0.1, 0.15) is 45.0 Å². The van der Waals surface area contributed by atoms with Crippen molar-refractivity contribution < 1.29 is 9.59 Å². The van der Waals surface area contributed by atoms with Gasteiger partial charge in [-0.05, 0) is 50.5 Å². The van der Waals surface area contributed by atoms with Crippen LogP contribution < -0.4 is 16.0 Å². The monoisotopic (exact) mass is 397 g/mol. The second-order valence-electron chi connectivity index (χ2n) is 7.14. The SMILES string of the molecule is Cc1nn(C)c2sc(C(=O)Nc3cc(C(N)=O)ccc3N3CCCCC3)cc12. The van der Waals surface area contributed by atoms with Crippen molar-refractivity contribution in [1.29, 1.82) is 0 Å². The quantitative estimate of drug-likeness (QED) is 0.706. The van der Waals surface area contributed by atoms with Gasteiger partial charge in [-0.25, -0.2) is 0 Å². The summed E-state index contributed by atoms with van der Waals surface area (Å²) in [6.45, 7) is 3.81. The van der Waals surface area contributed by atoms with E-state index in [2.05, 4.69) is 15.3 Å². The minimum Gasteiger partial charge on any atom is -0.370 e. The van der Waals surface area contributed by atoms with Crippen molar-refractivity contribution in [1.82, 2.24) is 9.78 Å². The van der Waals surface area contributed by atoms with Gasteiger partial charge >= 0.3 is 0 Å². The summed E-state index contributed by atoms with van der Waals surface area (Å²) in [5.74, 6) is -0.704. The number of nitrogens with zero attached hydrogens (tertiary/aromatic N) is 3. The number of hydrogen-bond donors (Lipinski definition) is 2. The number of amides is 2. The Bertz CT molecular complexity index is 1030. The van der Waals surface area contributed by atoms with E-state index >= 15 is 0 Å². The number of benzene rings is 1. The first-order valence-electron chi connectivity index (χ1n) is 9.37. The van der Waals surface area contributed by atoms with E-state index in [0.29, 0.717) is 16.1 Å². The summed E-state index contributed by atoms with van der Waals surface area (Å²) in [4.78, 5) is 28.4. The highest BCUT2D eigenvalue weighted by Gasteiger charge is 2.20. The van der Waals surface area contributed by atoms with Crippen molar-refractivity contribution in [3.63, 3.8) is 0 Å². The summed E-state index contributed by atoms with van der Waals surface area (Å²) in [5.41, 5.74) is 8.28. The van der Waals surface area contributed by atoms with Crippen LogP contribution in [0.15, 0.2) is 24.3 Å². The lowest BCUT2D eigenvalue weighted by Crippen LogP contribution is -2.30. The smallest absolute Gasteiger partial charge is 0.265 e. The molecule has 3 N–H and O–H groups in total. The fourth-order valence-electron chi connectivity index (χ4n) is 3.70. The molecule has 3 aromatic rings. The number of carbonyl (C=O) groups is 2. The van der Waals surface area contributed by atoms with Gasteiger partial charge in [-0.3, -0.25) is 14.3 Å². The molecule has 2 amide bonds. The molecule has 1 aliphatic heterocycles. The van der Waals surface area contributed by atoms with Crippen LogP contribution in [-0.4, -0.2) is 34.7 Å². The van der Waals surface area contributed by atoms with Crippen molar-refractivity contribution in [2.45, 2.75) is 26.2 Å². The predicted octanol–water partition coefficient (Wildman–Crippen LogP) is 3.28. The van der Waals surface area contributed by atoms with E-state index < -0.39 is 5.91 Å². The summed E-state index contributed by atoms with van der Waals surface area (Å²) in [5, 5.41) is 8.37. The van der Waals surface area contributed by atoms with Gasteiger partial charge in [-0.1, -0.05) is 0 Å². The maximum absolute atomic E-state index is 13.0. The van der Waals surface area contributed by atoms with Crippen molar-refractivity contribution in [2.75, 3.05) is 23.3 Å². The second-order valence-corrected chi connectivity index (χ2v) is 8.17. The first-order valence-corrected chi connectivity index (χ1v) is 10.2. The van der Waals surface area contributed by atoms with Crippen LogP contribution in [-0.2, 0) is 7.05 Å². The van der Waals surface area contributed by atoms with Gasteiger partial charge in [0.25, 0.3) is 5.91 Å². The molecule has 146 valence electrons. The van der Waals surface area contributed by atoms with E-state index in [-0.39, 0.29) is 5.91 Å². The Morgan fingerprint density at radius 3 is 2.61 bits per heavy atom.